The lowest BCUT2D eigenvalue weighted by atomic mass is 9.93. The molecule has 1 aromatic heterocycles. The number of aliphatic hydroxyl groups is 1. The molecule has 2 heterocycles. The van der Waals surface area contributed by atoms with Crippen molar-refractivity contribution in [2.75, 3.05) is 53.3 Å². The second kappa shape index (κ2) is 15.5. The largest absolute Gasteiger partial charge is 0.496 e. The van der Waals surface area contributed by atoms with E-state index in [4.69, 9.17) is 24.7 Å². The van der Waals surface area contributed by atoms with Crippen LogP contribution in [0, 0.1) is 5.82 Å². The van der Waals surface area contributed by atoms with Crippen molar-refractivity contribution < 1.29 is 51.2 Å². The Morgan fingerprint density at radius 3 is 2.40 bits per heavy atom. The van der Waals surface area contributed by atoms with Gasteiger partial charge in [-0.25, -0.2) is 9.37 Å². The molecule has 0 spiro atoms. The Morgan fingerprint density at radius 1 is 1.09 bits per heavy atom. The third-order valence-corrected chi connectivity index (χ3v) is 7.40. The molecule has 0 aliphatic carbocycles. The minimum absolute atomic E-state index is 0.0376. The van der Waals surface area contributed by atoms with Gasteiger partial charge in [0.15, 0.2) is 0 Å². The van der Waals surface area contributed by atoms with Crippen molar-refractivity contribution in [3.63, 3.8) is 0 Å². The number of pyridine rings is 1. The van der Waals surface area contributed by atoms with Crippen molar-refractivity contribution in [1.82, 2.24) is 15.2 Å². The number of rotatable bonds is 14. The lowest BCUT2D eigenvalue weighted by molar-refractivity contribution is -0.265. The molecule has 1 aliphatic rings. The third kappa shape index (κ3) is 8.74. The highest BCUT2D eigenvalue weighted by Gasteiger charge is 2.56. The first-order valence-electron chi connectivity index (χ1n) is 14.7. The molecule has 0 saturated carbocycles. The fourth-order valence-electron chi connectivity index (χ4n) is 4.89. The van der Waals surface area contributed by atoms with Crippen LogP contribution in [0.25, 0.3) is 11.3 Å². The number of ether oxygens (including phenoxy) is 4. The van der Waals surface area contributed by atoms with Crippen LogP contribution in [0.5, 0.6) is 11.5 Å². The first-order valence-corrected chi connectivity index (χ1v) is 14.7. The second-order valence-electron chi connectivity index (χ2n) is 10.7. The molecule has 1 atom stereocenters. The smallest absolute Gasteiger partial charge is 0.424 e. The number of aromatic nitrogens is 1. The van der Waals surface area contributed by atoms with Crippen molar-refractivity contribution in [3.8, 4) is 22.8 Å². The number of hydrogen-bond donors (Lipinski definition) is 3. The van der Waals surface area contributed by atoms with Crippen LogP contribution in [0.3, 0.4) is 0 Å². The van der Waals surface area contributed by atoms with Gasteiger partial charge in [-0.1, -0.05) is 6.07 Å². The maximum absolute atomic E-state index is 14.6. The standard InChI is InChI=1S/C32H36F4N4O7/c1-3-47-29-23(16-27(37)41)15-26(39-28(29)20-6-8-24(33)9-7-20)31(43,32(34,35)36)18-38-30(42)21-4-5-22(25(14-21)44-2)17-46-19-40-10-12-45-13-11-40/h4-9,14-15,43H,3,10-13,16-19H2,1-2H3,(H2,37,41)(H,38,42)/t31-/m0/s1. The Morgan fingerprint density at radius 2 is 1.79 bits per heavy atom. The number of alkyl halides is 3. The molecule has 0 unspecified atom stereocenters. The van der Waals surface area contributed by atoms with E-state index in [2.05, 4.69) is 15.2 Å². The average Bonchev–Trinajstić information content (AvgIpc) is 3.04. The molecular formula is C32H36F4N4O7. The highest BCUT2D eigenvalue weighted by molar-refractivity contribution is 5.94. The summed E-state index contributed by atoms with van der Waals surface area (Å²) in [6.45, 7) is 3.50. The zero-order chi connectivity index (χ0) is 34.2. The van der Waals surface area contributed by atoms with Gasteiger partial charge >= 0.3 is 6.18 Å². The fraction of sp³-hybridized carbons (Fsp3) is 0.406. The molecule has 1 aliphatic heterocycles. The number of hydrogen-bond acceptors (Lipinski definition) is 9. The summed E-state index contributed by atoms with van der Waals surface area (Å²) in [5.74, 6) is -2.22. The first kappa shape index (κ1) is 35.5. The number of primary amides is 1. The van der Waals surface area contributed by atoms with E-state index in [9.17, 15) is 32.3 Å². The zero-order valence-electron chi connectivity index (χ0n) is 25.9. The summed E-state index contributed by atoms with van der Waals surface area (Å²) in [7, 11) is 1.38. The molecule has 4 N–H and O–H groups in total. The topological polar surface area (TPSA) is 145 Å². The predicted octanol–water partition coefficient (Wildman–Crippen LogP) is 3.31. The quantitative estimate of drug-likeness (QED) is 0.221. The number of nitrogens with zero attached hydrogens (tertiary/aromatic N) is 2. The molecule has 47 heavy (non-hydrogen) atoms. The third-order valence-electron chi connectivity index (χ3n) is 7.40. The molecule has 1 fully saturated rings. The molecule has 3 aromatic rings. The fourth-order valence-corrected chi connectivity index (χ4v) is 4.89. The van der Waals surface area contributed by atoms with Crippen LogP contribution in [0.2, 0.25) is 0 Å². The lowest BCUT2D eigenvalue weighted by Crippen LogP contribution is -2.51. The number of nitrogens with two attached hydrogens (primary N) is 1. The van der Waals surface area contributed by atoms with Gasteiger partial charge in [0, 0.05) is 35.3 Å². The Kier molecular flexibility index (Phi) is 11.7. The Bertz CT molecular complexity index is 1550. The van der Waals surface area contributed by atoms with Crippen LogP contribution in [-0.4, -0.2) is 86.3 Å². The summed E-state index contributed by atoms with van der Waals surface area (Å²) in [5.41, 5.74) is 1.15. The van der Waals surface area contributed by atoms with Crippen molar-refractivity contribution in [1.29, 1.82) is 0 Å². The summed E-state index contributed by atoms with van der Waals surface area (Å²) >= 11 is 0. The van der Waals surface area contributed by atoms with Crippen LogP contribution in [0.1, 0.15) is 34.1 Å². The number of amides is 2. The molecule has 2 aromatic carbocycles. The van der Waals surface area contributed by atoms with Crippen molar-refractivity contribution in [3.05, 3.63) is 76.7 Å². The monoisotopic (exact) mass is 664 g/mol. The van der Waals surface area contributed by atoms with Gasteiger partial charge in [0.05, 0.1) is 58.9 Å². The summed E-state index contributed by atoms with van der Waals surface area (Å²) in [6, 6.07) is 9.82. The van der Waals surface area contributed by atoms with Gasteiger partial charge in [-0.2, -0.15) is 13.2 Å². The van der Waals surface area contributed by atoms with Crippen LogP contribution in [0.15, 0.2) is 48.5 Å². The molecule has 254 valence electrons. The molecule has 1 saturated heterocycles. The van der Waals surface area contributed by atoms with Gasteiger partial charge < -0.3 is 35.1 Å². The summed E-state index contributed by atoms with van der Waals surface area (Å²) in [4.78, 5) is 31.1. The molecule has 2 amide bonds. The van der Waals surface area contributed by atoms with E-state index in [1.807, 2.05) is 0 Å². The van der Waals surface area contributed by atoms with Crippen molar-refractivity contribution in [2.45, 2.75) is 31.7 Å². The normalized spacial score (nSPS) is 15.1. The zero-order valence-corrected chi connectivity index (χ0v) is 25.9. The van der Waals surface area contributed by atoms with E-state index in [-0.39, 0.29) is 47.1 Å². The SMILES string of the molecule is CCOc1c(CC(N)=O)cc([C@@](O)(CNC(=O)c2ccc(COCN3CCOCC3)c(OC)c2)C(F)(F)F)nc1-c1ccc(F)cc1. The summed E-state index contributed by atoms with van der Waals surface area (Å²) in [5, 5.41) is 13.3. The molecule has 0 bridgehead atoms. The molecule has 15 heteroatoms. The highest BCUT2D eigenvalue weighted by Crippen LogP contribution is 2.42. The van der Waals surface area contributed by atoms with Crippen LogP contribution in [-0.2, 0) is 32.9 Å². The number of nitrogens with one attached hydrogen (secondary N) is 1. The molecule has 4 rings (SSSR count). The maximum Gasteiger partial charge on any atom is 0.424 e. The van der Waals surface area contributed by atoms with E-state index in [0.717, 1.165) is 31.3 Å². The van der Waals surface area contributed by atoms with Crippen molar-refractivity contribution in [2.24, 2.45) is 5.73 Å². The van der Waals surface area contributed by atoms with Gasteiger partial charge in [-0.3, -0.25) is 14.5 Å². The van der Waals surface area contributed by atoms with Crippen LogP contribution < -0.4 is 20.5 Å². The lowest BCUT2D eigenvalue weighted by Gasteiger charge is -2.31. The predicted molar refractivity (Wildman–Crippen MR) is 161 cm³/mol. The van der Waals surface area contributed by atoms with Gasteiger partial charge in [-0.05, 0) is 49.4 Å². The van der Waals surface area contributed by atoms with Gasteiger partial charge in [-0.15, -0.1) is 0 Å². The number of morpholine rings is 1. The number of halogens is 4. The Hall–Kier alpha value is -4.31. The van der Waals surface area contributed by atoms with Crippen molar-refractivity contribution >= 4 is 11.8 Å². The summed E-state index contributed by atoms with van der Waals surface area (Å²) < 4.78 is 79.7. The highest BCUT2D eigenvalue weighted by atomic mass is 19.4. The van der Waals surface area contributed by atoms with E-state index >= 15 is 0 Å². The van der Waals surface area contributed by atoms with E-state index in [1.54, 1.807) is 13.0 Å². The number of carbonyl (C=O) groups excluding carboxylic acids is 2. The number of benzene rings is 2. The van der Waals surface area contributed by atoms with Crippen LogP contribution >= 0.6 is 0 Å². The van der Waals surface area contributed by atoms with Gasteiger partial charge in [0.25, 0.3) is 5.91 Å². The van der Waals surface area contributed by atoms with Gasteiger partial charge in [0.1, 0.15) is 23.0 Å². The molecule has 11 nitrogen and oxygen atoms in total. The molecule has 0 radical (unpaired) electrons. The summed E-state index contributed by atoms with van der Waals surface area (Å²) in [6.07, 6.45) is -5.91. The Balaban J connectivity index is 1.61. The first-order chi connectivity index (χ1) is 22.4. The number of methoxy groups -OCH3 is 1. The minimum atomic E-state index is -5.36. The maximum atomic E-state index is 14.6. The average molecular weight is 665 g/mol. The van der Waals surface area contributed by atoms with Gasteiger partial charge in [0.2, 0.25) is 11.5 Å². The Labute approximate surface area is 268 Å². The van der Waals surface area contributed by atoms with E-state index < -0.39 is 48.1 Å². The minimum Gasteiger partial charge on any atom is -0.496 e. The van der Waals surface area contributed by atoms with E-state index in [0.29, 0.717) is 25.5 Å². The second-order valence-corrected chi connectivity index (χ2v) is 10.7. The number of carbonyl (C=O) groups is 2. The van der Waals surface area contributed by atoms with E-state index in [1.165, 1.54) is 31.4 Å². The molecular weight excluding hydrogens is 628 g/mol. The van der Waals surface area contributed by atoms with Crippen LogP contribution in [0.4, 0.5) is 17.6 Å².